The Morgan fingerprint density at radius 2 is 1.20 bits per heavy atom. The van der Waals surface area contributed by atoms with E-state index in [0.717, 1.165) is 26.4 Å². The average molecular weight is 250 g/mol. The molecule has 3 nitrogen and oxygen atoms in total. The van der Waals surface area contributed by atoms with Gasteiger partial charge in [-0.1, -0.05) is 26.7 Å². The highest BCUT2D eigenvalue weighted by molar-refractivity contribution is 6.27. The molecule has 0 fully saturated rings. The normalized spacial score (nSPS) is 12.4. The second-order valence-electron chi connectivity index (χ2n) is 3.54. The molecule has 0 heterocycles. The maximum atomic E-state index is 5.50. The number of hydrogen-bond donors (Lipinski definition) is 0. The molecule has 0 saturated carbocycles. The lowest BCUT2D eigenvalue weighted by molar-refractivity contribution is 0.0782. The molecule has 0 aliphatic heterocycles. The topological polar surface area (TPSA) is 27.7 Å². The summed E-state index contributed by atoms with van der Waals surface area (Å²) in [5, 5.41) is 0. The van der Waals surface area contributed by atoms with Crippen LogP contribution in [0.15, 0.2) is 0 Å². The standard InChI is InChI=1S/C10H26O3Si2/c1-3-9-14-12-7-5-11-6-8-13-15-10-4-2/h3-10,14-15H2,1-2H3. The molecular formula is C10H26O3Si2. The van der Waals surface area contributed by atoms with Gasteiger partial charge in [0.15, 0.2) is 19.5 Å². The summed E-state index contributed by atoms with van der Waals surface area (Å²) in [5.74, 6) is 0. The molecule has 0 aliphatic carbocycles. The first-order chi connectivity index (χ1) is 7.41. The Bertz CT molecular complexity index is 103. The third kappa shape index (κ3) is 14.3. The fourth-order valence-corrected chi connectivity index (χ4v) is 2.66. The van der Waals surface area contributed by atoms with Gasteiger partial charge in [-0.25, -0.2) is 0 Å². The zero-order valence-electron chi connectivity index (χ0n) is 10.3. The summed E-state index contributed by atoms with van der Waals surface area (Å²) in [7, 11) is -0.488. The average Bonchev–Trinajstić information content (AvgIpc) is 2.26. The summed E-state index contributed by atoms with van der Waals surface area (Å²) in [6.45, 7) is 7.41. The lowest BCUT2D eigenvalue weighted by Crippen LogP contribution is -2.11. The zero-order chi connectivity index (χ0) is 11.2. The summed E-state index contributed by atoms with van der Waals surface area (Å²) in [4.78, 5) is 0. The quantitative estimate of drug-likeness (QED) is 0.380. The molecule has 5 heteroatoms. The molecule has 0 aromatic rings. The summed E-state index contributed by atoms with van der Waals surface area (Å²) >= 11 is 0. The van der Waals surface area contributed by atoms with Crippen molar-refractivity contribution in [3.05, 3.63) is 0 Å². The van der Waals surface area contributed by atoms with Crippen LogP contribution < -0.4 is 0 Å². The first-order valence-corrected chi connectivity index (χ1v) is 9.30. The fourth-order valence-electron chi connectivity index (χ4n) is 1.03. The van der Waals surface area contributed by atoms with Crippen molar-refractivity contribution in [2.45, 2.75) is 38.8 Å². The Labute approximate surface area is 98.8 Å². The Balaban J connectivity index is 2.81. The van der Waals surface area contributed by atoms with E-state index >= 15 is 0 Å². The molecule has 0 unspecified atom stereocenters. The van der Waals surface area contributed by atoms with E-state index in [1.807, 2.05) is 0 Å². The van der Waals surface area contributed by atoms with Gasteiger partial charge in [-0.2, -0.15) is 0 Å². The third-order valence-corrected chi connectivity index (χ3v) is 5.17. The van der Waals surface area contributed by atoms with Gasteiger partial charge in [0.25, 0.3) is 0 Å². The van der Waals surface area contributed by atoms with Crippen molar-refractivity contribution in [3.63, 3.8) is 0 Å². The maximum absolute atomic E-state index is 5.50. The SMILES string of the molecule is CCC[SiH2]OCCOCCO[SiH2]CCC. The van der Waals surface area contributed by atoms with E-state index in [0.29, 0.717) is 0 Å². The Morgan fingerprint density at radius 1 is 0.733 bits per heavy atom. The smallest absolute Gasteiger partial charge is 0.161 e. The summed E-state index contributed by atoms with van der Waals surface area (Å²) in [6.07, 6.45) is 2.51. The summed E-state index contributed by atoms with van der Waals surface area (Å²) in [6, 6.07) is 2.57. The van der Waals surface area contributed by atoms with Crippen molar-refractivity contribution in [3.8, 4) is 0 Å². The van der Waals surface area contributed by atoms with Crippen LogP contribution in [0.25, 0.3) is 0 Å². The van der Waals surface area contributed by atoms with Crippen molar-refractivity contribution in [1.82, 2.24) is 0 Å². The van der Waals surface area contributed by atoms with E-state index in [1.165, 1.54) is 24.9 Å². The van der Waals surface area contributed by atoms with Crippen LogP contribution in [0.4, 0.5) is 0 Å². The Hall–Kier alpha value is 0.314. The van der Waals surface area contributed by atoms with E-state index in [1.54, 1.807) is 0 Å². The van der Waals surface area contributed by atoms with Crippen molar-refractivity contribution in [2.24, 2.45) is 0 Å². The van der Waals surface area contributed by atoms with Crippen LogP contribution in [-0.4, -0.2) is 46.0 Å². The molecule has 0 aromatic carbocycles. The first kappa shape index (κ1) is 15.3. The van der Waals surface area contributed by atoms with Crippen LogP contribution in [-0.2, 0) is 13.6 Å². The monoisotopic (exact) mass is 250 g/mol. The van der Waals surface area contributed by atoms with Gasteiger partial charge in [-0.15, -0.1) is 0 Å². The highest BCUT2D eigenvalue weighted by Gasteiger charge is 1.91. The molecule has 0 aromatic heterocycles. The van der Waals surface area contributed by atoms with E-state index in [-0.39, 0.29) is 19.5 Å². The second kappa shape index (κ2) is 14.3. The molecular weight excluding hydrogens is 224 g/mol. The molecule has 0 amide bonds. The minimum atomic E-state index is -0.244. The lowest BCUT2D eigenvalue weighted by Gasteiger charge is -2.06. The van der Waals surface area contributed by atoms with E-state index in [9.17, 15) is 0 Å². The van der Waals surface area contributed by atoms with Gasteiger partial charge in [0.2, 0.25) is 0 Å². The Kier molecular flexibility index (Phi) is 14.6. The van der Waals surface area contributed by atoms with Gasteiger partial charge in [0, 0.05) is 0 Å². The van der Waals surface area contributed by atoms with Gasteiger partial charge in [0.1, 0.15) is 0 Å². The largest absolute Gasteiger partial charge is 0.422 e. The van der Waals surface area contributed by atoms with E-state index < -0.39 is 0 Å². The zero-order valence-corrected chi connectivity index (χ0v) is 13.1. The van der Waals surface area contributed by atoms with Crippen LogP contribution in [0.1, 0.15) is 26.7 Å². The maximum Gasteiger partial charge on any atom is 0.161 e. The van der Waals surface area contributed by atoms with Crippen molar-refractivity contribution >= 4 is 19.5 Å². The Morgan fingerprint density at radius 3 is 1.60 bits per heavy atom. The first-order valence-electron chi connectivity index (χ1n) is 6.15. The third-order valence-electron chi connectivity index (χ3n) is 2.03. The van der Waals surface area contributed by atoms with Crippen molar-refractivity contribution in [2.75, 3.05) is 26.4 Å². The molecule has 0 spiro atoms. The number of ether oxygens (including phenoxy) is 1. The van der Waals surface area contributed by atoms with Crippen LogP contribution in [0, 0.1) is 0 Å². The molecule has 0 radical (unpaired) electrons. The molecule has 0 N–H and O–H groups in total. The van der Waals surface area contributed by atoms with Crippen molar-refractivity contribution in [1.29, 1.82) is 0 Å². The van der Waals surface area contributed by atoms with Crippen LogP contribution in [0.3, 0.4) is 0 Å². The van der Waals surface area contributed by atoms with Gasteiger partial charge < -0.3 is 13.6 Å². The van der Waals surface area contributed by atoms with E-state index in [2.05, 4.69) is 13.8 Å². The minimum Gasteiger partial charge on any atom is -0.422 e. The van der Waals surface area contributed by atoms with Gasteiger partial charge in [0.05, 0.1) is 26.4 Å². The van der Waals surface area contributed by atoms with Gasteiger partial charge >= 0.3 is 0 Å². The van der Waals surface area contributed by atoms with Gasteiger partial charge in [-0.3, -0.25) is 0 Å². The predicted octanol–water partition coefficient (Wildman–Crippen LogP) is 0.860. The highest BCUT2D eigenvalue weighted by Crippen LogP contribution is 1.88. The number of hydrogen-bond acceptors (Lipinski definition) is 3. The molecule has 0 rings (SSSR count). The van der Waals surface area contributed by atoms with Crippen molar-refractivity contribution < 1.29 is 13.6 Å². The number of rotatable bonds is 12. The van der Waals surface area contributed by atoms with E-state index in [4.69, 9.17) is 13.6 Å². The lowest BCUT2D eigenvalue weighted by atomic mass is 10.6. The summed E-state index contributed by atoms with van der Waals surface area (Å²) in [5.41, 5.74) is 0. The highest BCUT2D eigenvalue weighted by atomic mass is 28.2. The van der Waals surface area contributed by atoms with Crippen LogP contribution in [0.5, 0.6) is 0 Å². The molecule has 15 heavy (non-hydrogen) atoms. The minimum absolute atomic E-state index is 0.244. The second-order valence-corrected chi connectivity index (χ2v) is 6.59. The molecule has 0 saturated heterocycles. The predicted molar refractivity (Wildman–Crippen MR) is 70.0 cm³/mol. The van der Waals surface area contributed by atoms with Crippen LogP contribution >= 0.6 is 0 Å². The molecule has 0 atom stereocenters. The molecule has 0 bridgehead atoms. The molecule has 92 valence electrons. The van der Waals surface area contributed by atoms with Crippen LogP contribution in [0.2, 0.25) is 12.1 Å². The summed E-state index contributed by atoms with van der Waals surface area (Å²) < 4.78 is 16.4. The molecule has 0 aliphatic rings. The van der Waals surface area contributed by atoms with Gasteiger partial charge in [-0.05, 0) is 12.1 Å². The fraction of sp³-hybridized carbons (Fsp3) is 1.00.